The summed E-state index contributed by atoms with van der Waals surface area (Å²) in [6.07, 6.45) is 8.66. The maximum atomic E-state index is 12.9. The SMILES string of the molecule is C=CCc1cc(C=CCCCC(C)F)ccc1-c1ccc2ccccc2n1. The van der Waals surface area contributed by atoms with Gasteiger partial charge in [-0.3, -0.25) is 0 Å². The Morgan fingerprint density at radius 2 is 1.96 bits per heavy atom. The third-order valence-corrected chi connectivity index (χ3v) is 4.65. The number of alkyl halides is 1. The third-order valence-electron chi connectivity index (χ3n) is 4.65. The van der Waals surface area contributed by atoms with Crippen molar-refractivity contribution in [3.8, 4) is 11.3 Å². The van der Waals surface area contributed by atoms with Crippen molar-refractivity contribution in [2.24, 2.45) is 0 Å². The molecule has 0 amide bonds. The van der Waals surface area contributed by atoms with Crippen LogP contribution in [0.15, 0.2) is 73.3 Å². The molecule has 1 heterocycles. The highest BCUT2D eigenvalue weighted by Crippen LogP contribution is 2.26. The van der Waals surface area contributed by atoms with Gasteiger partial charge in [-0.15, -0.1) is 6.58 Å². The van der Waals surface area contributed by atoms with E-state index in [1.807, 2.05) is 24.3 Å². The van der Waals surface area contributed by atoms with Crippen LogP contribution in [0.3, 0.4) is 0 Å². The Kier molecular flexibility index (Phi) is 6.54. The largest absolute Gasteiger partial charge is 0.248 e. The Labute approximate surface area is 161 Å². The molecule has 0 saturated carbocycles. The van der Waals surface area contributed by atoms with Crippen LogP contribution in [0.1, 0.15) is 37.3 Å². The number of fused-ring (bicyclic) bond motifs is 1. The first-order valence-corrected chi connectivity index (χ1v) is 9.58. The Bertz CT molecular complexity index is 940. The van der Waals surface area contributed by atoms with E-state index in [1.54, 1.807) is 6.92 Å². The summed E-state index contributed by atoms with van der Waals surface area (Å²) in [4.78, 5) is 4.83. The second kappa shape index (κ2) is 9.27. The van der Waals surface area contributed by atoms with E-state index in [0.717, 1.165) is 47.0 Å². The number of hydrogen-bond acceptors (Lipinski definition) is 1. The number of nitrogens with zero attached hydrogens (tertiary/aromatic N) is 1. The molecule has 1 nitrogen and oxygen atoms in total. The van der Waals surface area contributed by atoms with E-state index in [2.05, 4.69) is 55.1 Å². The summed E-state index contributed by atoms with van der Waals surface area (Å²) < 4.78 is 12.9. The van der Waals surface area contributed by atoms with Gasteiger partial charge in [-0.1, -0.05) is 60.7 Å². The van der Waals surface area contributed by atoms with E-state index in [9.17, 15) is 4.39 Å². The molecule has 3 rings (SSSR count). The number of allylic oxidation sites excluding steroid dienone is 2. The topological polar surface area (TPSA) is 12.9 Å². The Morgan fingerprint density at radius 3 is 2.78 bits per heavy atom. The molecule has 0 aliphatic heterocycles. The standard InChI is InChI=1S/C25H26FN/c1-3-9-22-18-20(11-6-4-5-10-19(2)26)14-16-23(22)25-17-15-21-12-7-8-13-24(21)27-25/h3,6-8,11-19H,1,4-5,9-10H2,2H3. The van der Waals surface area contributed by atoms with Crippen molar-refractivity contribution in [2.45, 2.75) is 38.8 Å². The number of rotatable bonds is 8. The van der Waals surface area contributed by atoms with Gasteiger partial charge in [-0.2, -0.15) is 0 Å². The predicted octanol–water partition coefficient (Wildman–Crippen LogP) is 7.17. The predicted molar refractivity (Wildman–Crippen MR) is 115 cm³/mol. The van der Waals surface area contributed by atoms with Crippen molar-refractivity contribution in [1.82, 2.24) is 4.98 Å². The average Bonchev–Trinajstić information content (AvgIpc) is 2.67. The van der Waals surface area contributed by atoms with Gasteiger partial charge in [0.1, 0.15) is 0 Å². The quantitative estimate of drug-likeness (QED) is 0.307. The number of para-hydroxylation sites is 1. The summed E-state index contributed by atoms with van der Waals surface area (Å²) in [6.45, 7) is 5.52. The fourth-order valence-corrected chi connectivity index (χ4v) is 3.24. The molecule has 0 bridgehead atoms. The minimum absolute atomic E-state index is 0.624. The minimum Gasteiger partial charge on any atom is -0.248 e. The number of halogens is 1. The van der Waals surface area contributed by atoms with Gasteiger partial charge in [0, 0.05) is 10.9 Å². The summed E-state index contributed by atoms with van der Waals surface area (Å²) in [5.41, 5.74) is 5.50. The van der Waals surface area contributed by atoms with Gasteiger partial charge in [-0.05, 0) is 55.9 Å². The molecule has 0 radical (unpaired) electrons. The molecule has 0 N–H and O–H groups in total. The van der Waals surface area contributed by atoms with Crippen molar-refractivity contribution in [3.63, 3.8) is 0 Å². The molecular formula is C25H26FN. The van der Waals surface area contributed by atoms with Gasteiger partial charge >= 0.3 is 0 Å². The monoisotopic (exact) mass is 359 g/mol. The van der Waals surface area contributed by atoms with Crippen LogP contribution in [0, 0.1) is 0 Å². The van der Waals surface area contributed by atoms with Crippen LogP contribution >= 0.6 is 0 Å². The molecule has 0 saturated heterocycles. The lowest BCUT2D eigenvalue weighted by atomic mass is 9.97. The van der Waals surface area contributed by atoms with Gasteiger partial charge in [0.15, 0.2) is 0 Å². The number of pyridine rings is 1. The lowest BCUT2D eigenvalue weighted by Crippen LogP contribution is -1.93. The molecular weight excluding hydrogens is 333 g/mol. The third kappa shape index (κ3) is 5.13. The summed E-state index contributed by atoms with van der Waals surface area (Å²) in [5.74, 6) is 0. The van der Waals surface area contributed by atoms with Crippen LogP contribution < -0.4 is 0 Å². The fraction of sp³-hybridized carbons (Fsp3) is 0.240. The van der Waals surface area contributed by atoms with Crippen LogP contribution in [0.25, 0.3) is 28.2 Å². The van der Waals surface area contributed by atoms with Crippen LogP contribution in [0.5, 0.6) is 0 Å². The lowest BCUT2D eigenvalue weighted by Gasteiger charge is -2.10. The van der Waals surface area contributed by atoms with Crippen molar-refractivity contribution in [3.05, 3.63) is 84.5 Å². The lowest BCUT2D eigenvalue weighted by molar-refractivity contribution is 0.335. The molecule has 2 aromatic carbocycles. The van der Waals surface area contributed by atoms with Gasteiger partial charge in [0.25, 0.3) is 0 Å². The molecule has 3 aromatic rings. The average molecular weight is 359 g/mol. The Morgan fingerprint density at radius 1 is 1.11 bits per heavy atom. The van der Waals surface area contributed by atoms with Crippen LogP contribution in [0.4, 0.5) is 4.39 Å². The molecule has 138 valence electrons. The first-order chi connectivity index (χ1) is 13.2. The number of hydrogen-bond donors (Lipinski definition) is 0. The van der Waals surface area contributed by atoms with Crippen molar-refractivity contribution >= 4 is 17.0 Å². The number of benzene rings is 2. The minimum atomic E-state index is -0.716. The van der Waals surface area contributed by atoms with Crippen LogP contribution in [0.2, 0.25) is 0 Å². The molecule has 1 aromatic heterocycles. The second-order valence-electron chi connectivity index (χ2n) is 6.91. The molecule has 2 heteroatoms. The van der Waals surface area contributed by atoms with Crippen LogP contribution in [-0.4, -0.2) is 11.2 Å². The second-order valence-corrected chi connectivity index (χ2v) is 6.91. The zero-order valence-electron chi connectivity index (χ0n) is 15.9. The highest BCUT2D eigenvalue weighted by molar-refractivity contribution is 5.82. The zero-order chi connectivity index (χ0) is 19.1. The summed E-state index contributed by atoms with van der Waals surface area (Å²) >= 11 is 0. The highest BCUT2D eigenvalue weighted by Gasteiger charge is 2.07. The Balaban J connectivity index is 1.84. The van der Waals surface area contributed by atoms with Gasteiger partial charge in [-0.25, -0.2) is 9.37 Å². The van der Waals surface area contributed by atoms with E-state index in [0.29, 0.717) is 6.42 Å². The molecule has 0 fully saturated rings. The van der Waals surface area contributed by atoms with Gasteiger partial charge in [0.2, 0.25) is 0 Å². The first-order valence-electron chi connectivity index (χ1n) is 9.58. The van der Waals surface area contributed by atoms with Gasteiger partial charge < -0.3 is 0 Å². The van der Waals surface area contributed by atoms with Gasteiger partial charge in [0.05, 0.1) is 17.4 Å². The molecule has 0 aliphatic carbocycles. The summed E-state index contributed by atoms with van der Waals surface area (Å²) in [5, 5.41) is 1.15. The van der Waals surface area contributed by atoms with E-state index in [1.165, 1.54) is 5.56 Å². The normalized spacial score (nSPS) is 12.5. The van der Waals surface area contributed by atoms with Crippen molar-refractivity contribution < 1.29 is 4.39 Å². The smallest absolute Gasteiger partial charge is 0.0973 e. The number of unbranched alkanes of at least 4 members (excludes halogenated alkanes) is 1. The van der Waals surface area contributed by atoms with E-state index < -0.39 is 6.17 Å². The first kappa shape index (κ1) is 19.0. The van der Waals surface area contributed by atoms with E-state index in [4.69, 9.17) is 4.98 Å². The van der Waals surface area contributed by atoms with Crippen molar-refractivity contribution in [1.29, 1.82) is 0 Å². The van der Waals surface area contributed by atoms with E-state index >= 15 is 0 Å². The highest BCUT2D eigenvalue weighted by atomic mass is 19.1. The fourth-order valence-electron chi connectivity index (χ4n) is 3.24. The van der Waals surface area contributed by atoms with Crippen molar-refractivity contribution in [2.75, 3.05) is 0 Å². The molecule has 0 aliphatic rings. The zero-order valence-corrected chi connectivity index (χ0v) is 15.9. The van der Waals surface area contributed by atoms with E-state index in [-0.39, 0.29) is 0 Å². The Hall–Kier alpha value is -2.74. The number of aromatic nitrogens is 1. The molecule has 0 spiro atoms. The van der Waals surface area contributed by atoms with Crippen LogP contribution in [-0.2, 0) is 6.42 Å². The summed E-state index contributed by atoms with van der Waals surface area (Å²) in [6, 6.07) is 18.8. The maximum Gasteiger partial charge on any atom is 0.0973 e. The molecule has 27 heavy (non-hydrogen) atoms. The maximum absolute atomic E-state index is 12.9. The molecule has 1 unspecified atom stereocenters. The summed E-state index contributed by atoms with van der Waals surface area (Å²) in [7, 11) is 0. The molecule has 1 atom stereocenters.